The Morgan fingerprint density at radius 1 is 1.42 bits per heavy atom. The van der Waals surface area contributed by atoms with E-state index in [1.54, 1.807) is 13.1 Å². The van der Waals surface area contributed by atoms with E-state index in [-0.39, 0.29) is 28.0 Å². The van der Waals surface area contributed by atoms with Gasteiger partial charge in [0.2, 0.25) is 5.65 Å². The number of oxime groups is 1. The zero-order valence-corrected chi connectivity index (χ0v) is 22.1. The second-order valence-corrected chi connectivity index (χ2v) is 10.7. The van der Waals surface area contributed by atoms with Gasteiger partial charge in [0.05, 0.1) is 5.69 Å². The van der Waals surface area contributed by atoms with Gasteiger partial charge in [-0.25, -0.2) is 9.78 Å². The van der Waals surface area contributed by atoms with Crippen molar-refractivity contribution in [3.05, 3.63) is 28.4 Å². The molecule has 38 heavy (non-hydrogen) atoms. The van der Waals surface area contributed by atoms with Gasteiger partial charge >= 0.3 is 5.97 Å². The number of hydrogen-bond donors (Lipinski definition) is 4. The summed E-state index contributed by atoms with van der Waals surface area (Å²) in [5.41, 5.74) is 7.26. The minimum atomic E-state index is -1.23. The van der Waals surface area contributed by atoms with Crippen molar-refractivity contribution >= 4 is 74.8 Å². The summed E-state index contributed by atoms with van der Waals surface area (Å²) in [4.78, 5) is 48.1. The van der Waals surface area contributed by atoms with Crippen LogP contribution >= 0.6 is 34.9 Å². The third-order valence-corrected chi connectivity index (χ3v) is 8.52. The van der Waals surface area contributed by atoms with Gasteiger partial charge in [0, 0.05) is 23.9 Å². The number of carboxylic acid groups (broad SMARTS) is 1. The van der Waals surface area contributed by atoms with Gasteiger partial charge in [-0.05, 0) is 22.1 Å². The second kappa shape index (κ2) is 10.4. The number of tetrazole rings is 1. The first-order chi connectivity index (χ1) is 18.3. The van der Waals surface area contributed by atoms with Crippen LogP contribution in [0.15, 0.2) is 32.9 Å². The summed E-state index contributed by atoms with van der Waals surface area (Å²) in [5, 5.41) is 36.7. The van der Waals surface area contributed by atoms with Crippen LogP contribution in [-0.4, -0.2) is 101 Å². The van der Waals surface area contributed by atoms with E-state index in [2.05, 4.69) is 41.4 Å². The lowest BCUT2D eigenvalue weighted by molar-refractivity contribution is -0.150. The highest BCUT2D eigenvalue weighted by Gasteiger charge is 2.54. The van der Waals surface area contributed by atoms with Crippen molar-refractivity contribution in [2.45, 2.75) is 16.4 Å². The van der Waals surface area contributed by atoms with Crippen LogP contribution in [0.1, 0.15) is 5.69 Å². The summed E-state index contributed by atoms with van der Waals surface area (Å²) in [6, 6.07) is 0.808. The standard InChI is InChI=1S/C19H19N11O5S3/c1-21-8-3-10(25-30-14(8)24-27-28-30)36-4-7-5-37-17-12(16(32)29(17)13(7)18(33)34)23-15(31)11(26-35-2)9-6-38-19(20)22-9/h3,6,12,17,21H,4-5H2,1-2H3,(H2,20,22)(H,23,31)(H,33,34)/t12?,17-/m1/s1. The van der Waals surface area contributed by atoms with E-state index >= 15 is 0 Å². The van der Waals surface area contributed by atoms with Gasteiger partial charge in [-0.2, -0.15) is 0 Å². The number of carbonyl (C=O) groups is 3. The average molecular weight is 578 g/mol. The first kappa shape index (κ1) is 25.7. The van der Waals surface area contributed by atoms with Crippen molar-refractivity contribution in [1.29, 1.82) is 0 Å². The maximum atomic E-state index is 13.0. The fraction of sp³-hybridized carbons (Fsp3) is 0.316. The molecule has 2 amide bonds. The van der Waals surface area contributed by atoms with Gasteiger partial charge in [-0.15, -0.1) is 37.9 Å². The molecule has 1 saturated heterocycles. The van der Waals surface area contributed by atoms with Crippen LogP contribution in [0.3, 0.4) is 0 Å². The number of amides is 2. The Balaban J connectivity index is 1.32. The fourth-order valence-corrected chi connectivity index (χ4v) is 6.75. The van der Waals surface area contributed by atoms with Crippen molar-refractivity contribution in [3.8, 4) is 0 Å². The molecular formula is C19H19N11O5S3. The van der Waals surface area contributed by atoms with E-state index in [4.69, 9.17) is 10.6 Å². The van der Waals surface area contributed by atoms with Crippen LogP contribution in [-0.2, 0) is 19.2 Å². The SMILES string of the molecule is CNc1cc(SCC2=C(C(=O)O)N3C(=O)C(NC(=O)C(=NOC)c4csc(N)n4)[C@H]3SC2)nn2nnnc12. The Bertz CT molecular complexity index is 1500. The number of fused-ring (bicyclic) bond motifs is 2. The lowest BCUT2D eigenvalue weighted by atomic mass is 10.0. The molecule has 0 spiro atoms. The molecule has 0 saturated carbocycles. The van der Waals surface area contributed by atoms with E-state index in [1.165, 1.54) is 45.5 Å². The smallest absolute Gasteiger partial charge is 0.352 e. The van der Waals surface area contributed by atoms with E-state index in [1.807, 2.05) is 0 Å². The molecular weight excluding hydrogens is 558 g/mol. The Morgan fingerprint density at radius 3 is 2.92 bits per heavy atom. The Morgan fingerprint density at radius 2 is 2.24 bits per heavy atom. The summed E-state index contributed by atoms with van der Waals surface area (Å²) in [6.07, 6.45) is 0. The number of carboxylic acids is 1. The summed E-state index contributed by atoms with van der Waals surface area (Å²) < 4.78 is 1.28. The van der Waals surface area contributed by atoms with E-state index < -0.39 is 29.2 Å². The largest absolute Gasteiger partial charge is 0.477 e. The van der Waals surface area contributed by atoms with Gasteiger partial charge in [0.25, 0.3) is 11.8 Å². The van der Waals surface area contributed by atoms with Crippen molar-refractivity contribution < 1.29 is 24.3 Å². The van der Waals surface area contributed by atoms with Crippen LogP contribution in [0.2, 0.25) is 0 Å². The predicted molar refractivity (Wildman–Crippen MR) is 139 cm³/mol. The molecule has 2 aliphatic rings. The van der Waals surface area contributed by atoms with Crippen LogP contribution in [0.25, 0.3) is 5.65 Å². The van der Waals surface area contributed by atoms with Crippen LogP contribution in [0, 0.1) is 0 Å². The molecule has 19 heteroatoms. The topological polar surface area (TPSA) is 215 Å². The van der Waals surface area contributed by atoms with Crippen LogP contribution in [0.4, 0.5) is 10.8 Å². The zero-order chi connectivity index (χ0) is 27.0. The average Bonchev–Trinajstić information content (AvgIpc) is 3.56. The monoisotopic (exact) mass is 577 g/mol. The highest BCUT2D eigenvalue weighted by Crippen LogP contribution is 2.41. The van der Waals surface area contributed by atoms with Gasteiger partial charge in [0.1, 0.15) is 34.9 Å². The molecule has 0 bridgehead atoms. The van der Waals surface area contributed by atoms with Crippen molar-refractivity contribution in [1.82, 2.24) is 40.5 Å². The molecule has 16 nitrogen and oxygen atoms in total. The number of nitrogen functional groups attached to an aromatic ring is 1. The fourth-order valence-electron chi connectivity index (χ4n) is 3.83. The number of β-lactam (4-membered cyclic amide) rings is 1. The molecule has 198 valence electrons. The Kier molecular flexibility index (Phi) is 7.04. The normalized spacial score (nSPS) is 19.3. The molecule has 2 atom stereocenters. The van der Waals surface area contributed by atoms with Crippen LogP contribution in [0.5, 0.6) is 0 Å². The molecule has 2 aliphatic heterocycles. The molecule has 1 unspecified atom stereocenters. The van der Waals surface area contributed by atoms with E-state index in [0.717, 1.165) is 11.3 Å². The highest BCUT2D eigenvalue weighted by atomic mass is 32.2. The maximum absolute atomic E-state index is 13.0. The molecule has 3 aromatic rings. The predicted octanol–water partition coefficient (Wildman–Crippen LogP) is -0.519. The number of aliphatic carboxylic acids is 1. The van der Waals surface area contributed by atoms with Crippen molar-refractivity contribution in [2.75, 3.05) is 36.7 Å². The summed E-state index contributed by atoms with van der Waals surface area (Å²) in [7, 11) is 3.00. The maximum Gasteiger partial charge on any atom is 0.352 e. The number of nitrogens with one attached hydrogen (secondary N) is 2. The molecule has 0 aromatic carbocycles. The lowest BCUT2D eigenvalue weighted by Gasteiger charge is -2.49. The summed E-state index contributed by atoms with van der Waals surface area (Å²) in [5.74, 6) is -1.87. The number of aromatic nitrogens is 6. The number of hydrogen-bond acceptors (Lipinski definition) is 15. The van der Waals surface area contributed by atoms with Crippen molar-refractivity contribution in [3.63, 3.8) is 0 Å². The first-order valence-corrected chi connectivity index (χ1v) is 13.7. The highest BCUT2D eigenvalue weighted by molar-refractivity contribution is 8.01. The molecule has 5 N–H and O–H groups in total. The van der Waals surface area contributed by atoms with Crippen LogP contribution < -0.4 is 16.4 Å². The molecule has 1 fully saturated rings. The zero-order valence-electron chi connectivity index (χ0n) is 19.7. The molecule has 0 aliphatic carbocycles. The van der Waals surface area contributed by atoms with Gasteiger partial charge in [0.15, 0.2) is 10.8 Å². The summed E-state index contributed by atoms with van der Waals surface area (Å²) in [6.45, 7) is 0. The van der Waals surface area contributed by atoms with Gasteiger partial charge in [-0.3, -0.25) is 14.5 Å². The Hall–Kier alpha value is -3.97. The van der Waals surface area contributed by atoms with Crippen molar-refractivity contribution in [2.24, 2.45) is 5.16 Å². The quantitative estimate of drug-likeness (QED) is 0.109. The number of anilines is 2. The number of rotatable bonds is 9. The minimum absolute atomic E-state index is 0.104. The van der Waals surface area contributed by atoms with Gasteiger partial charge < -0.3 is 26.3 Å². The lowest BCUT2D eigenvalue weighted by Crippen LogP contribution is -2.71. The molecule has 5 heterocycles. The number of nitrogens with two attached hydrogens (primary N) is 1. The molecule has 3 aromatic heterocycles. The second-order valence-electron chi connectivity index (χ2n) is 7.74. The number of thioether (sulfide) groups is 2. The number of thiazole rings is 1. The summed E-state index contributed by atoms with van der Waals surface area (Å²) >= 11 is 3.76. The third kappa shape index (κ3) is 4.58. The van der Waals surface area contributed by atoms with E-state index in [0.29, 0.717) is 27.7 Å². The Labute approximate surface area is 226 Å². The van der Waals surface area contributed by atoms with Gasteiger partial charge in [-0.1, -0.05) is 16.9 Å². The van der Waals surface area contributed by atoms with E-state index in [9.17, 15) is 19.5 Å². The number of nitrogens with zero attached hydrogens (tertiary/aromatic N) is 8. The molecule has 5 rings (SSSR count). The number of carbonyl (C=O) groups excluding carboxylic acids is 2. The first-order valence-electron chi connectivity index (χ1n) is 10.8. The molecule has 0 radical (unpaired) electrons. The minimum Gasteiger partial charge on any atom is -0.477 e. The third-order valence-electron chi connectivity index (χ3n) is 5.52.